The molecule has 1 saturated heterocycles. The molecule has 2 heterocycles. The number of nitrogens with zero attached hydrogens (tertiary/aromatic N) is 4. The highest BCUT2D eigenvalue weighted by atomic mass is 32.2. The van der Waals surface area contributed by atoms with Gasteiger partial charge in [-0.2, -0.15) is 4.31 Å². The van der Waals surface area contributed by atoms with Gasteiger partial charge < -0.3 is 19.8 Å². The number of piperazine rings is 1. The number of hydrogen-bond donors (Lipinski definition) is 0. The molecule has 0 spiro atoms. The van der Waals surface area contributed by atoms with Crippen LogP contribution in [0.4, 0.5) is 5.82 Å². The van der Waals surface area contributed by atoms with E-state index in [2.05, 4.69) is 4.98 Å². The molecular formula is C20H22N4O6S. The number of nitro groups is 1. The number of benzene rings is 1. The summed E-state index contributed by atoms with van der Waals surface area (Å²) in [5.41, 5.74) is 2.31. The van der Waals surface area contributed by atoms with E-state index in [4.69, 9.17) is 4.74 Å². The van der Waals surface area contributed by atoms with Crippen LogP contribution in [0.25, 0.3) is 0 Å². The molecule has 164 valence electrons. The molecule has 31 heavy (non-hydrogen) atoms. The Labute approximate surface area is 179 Å². The second-order valence-corrected chi connectivity index (χ2v) is 9.38. The van der Waals surface area contributed by atoms with Gasteiger partial charge in [0.25, 0.3) is 5.91 Å². The zero-order chi connectivity index (χ0) is 22.0. The normalized spacial score (nSPS) is 16.7. The molecule has 10 nitrogen and oxygen atoms in total. The Morgan fingerprint density at radius 3 is 2.61 bits per heavy atom. The summed E-state index contributed by atoms with van der Waals surface area (Å²) in [5.74, 6) is -0.910. The minimum atomic E-state index is -3.62. The lowest BCUT2D eigenvalue weighted by Crippen LogP contribution is -2.51. The van der Waals surface area contributed by atoms with Gasteiger partial charge in [-0.25, -0.2) is 8.42 Å². The van der Waals surface area contributed by atoms with E-state index in [1.807, 2.05) is 6.07 Å². The first-order valence-corrected chi connectivity index (χ1v) is 11.4. The molecule has 2 aromatic rings. The first-order chi connectivity index (χ1) is 14.9. The van der Waals surface area contributed by atoms with Crippen molar-refractivity contribution in [2.75, 3.05) is 32.8 Å². The van der Waals surface area contributed by atoms with Crippen molar-refractivity contribution in [3.8, 4) is 5.75 Å². The maximum Gasteiger partial charge on any atom is 0.406 e. The monoisotopic (exact) mass is 446 g/mol. The highest BCUT2D eigenvalue weighted by Gasteiger charge is 2.31. The van der Waals surface area contributed by atoms with Crippen molar-refractivity contribution in [2.45, 2.75) is 24.2 Å². The van der Waals surface area contributed by atoms with Crippen molar-refractivity contribution in [2.24, 2.45) is 0 Å². The third-order valence-corrected chi connectivity index (χ3v) is 7.47. The van der Waals surface area contributed by atoms with Crippen LogP contribution in [-0.4, -0.2) is 66.2 Å². The second kappa shape index (κ2) is 8.60. The summed E-state index contributed by atoms with van der Waals surface area (Å²) >= 11 is 0. The van der Waals surface area contributed by atoms with E-state index >= 15 is 0 Å². The molecule has 11 heteroatoms. The van der Waals surface area contributed by atoms with Crippen molar-refractivity contribution in [1.29, 1.82) is 0 Å². The van der Waals surface area contributed by atoms with Gasteiger partial charge in [0.15, 0.2) is 6.61 Å². The summed E-state index contributed by atoms with van der Waals surface area (Å²) in [6, 6.07) is 8.17. The number of rotatable bonds is 6. The number of hydrogen-bond acceptors (Lipinski definition) is 7. The van der Waals surface area contributed by atoms with Crippen molar-refractivity contribution in [1.82, 2.24) is 14.2 Å². The molecule has 1 amide bonds. The van der Waals surface area contributed by atoms with Gasteiger partial charge >= 0.3 is 5.82 Å². The fourth-order valence-electron chi connectivity index (χ4n) is 3.90. The van der Waals surface area contributed by atoms with E-state index in [-0.39, 0.29) is 44.4 Å². The Morgan fingerprint density at radius 2 is 1.87 bits per heavy atom. The lowest BCUT2D eigenvalue weighted by Gasteiger charge is -2.34. The zero-order valence-corrected chi connectivity index (χ0v) is 17.6. The topological polar surface area (TPSA) is 123 Å². The Bertz CT molecular complexity index is 1110. The molecular weight excluding hydrogens is 424 g/mol. The standard InChI is InChI=1S/C20H22N4O6S/c25-19(14-30-18-5-2-8-21-20(18)24(26)27)22-9-11-23(12-10-22)31(28,29)17-7-6-15-3-1-4-16(15)13-17/h2,5-8,13H,1,3-4,9-12,14H2. The van der Waals surface area contributed by atoms with Gasteiger partial charge in [-0.15, -0.1) is 0 Å². The van der Waals surface area contributed by atoms with E-state index in [9.17, 15) is 23.3 Å². The van der Waals surface area contributed by atoms with Gasteiger partial charge in [-0.1, -0.05) is 6.07 Å². The summed E-state index contributed by atoms with van der Waals surface area (Å²) in [7, 11) is -3.62. The second-order valence-electron chi connectivity index (χ2n) is 7.44. The number of carbonyl (C=O) groups is 1. The predicted molar refractivity (Wildman–Crippen MR) is 110 cm³/mol. The van der Waals surface area contributed by atoms with Crippen LogP contribution >= 0.6 is 0 Å². The van der Waals surface area contributed by atoms with Crippen LogP contribution < -0.4 is 4.74 Å². The average molecular weight is 446 g/mol. The third-order valence-electron chi connectivity index (χ3n) is 5.57. The van der Waals surface area contributed by atoms with E-state index in [1.54, 1.807) is 12.1 Å². The molecule has 4 rings (SSSR count). The SMILES string of the molecule is O=C(COc1cccnc1[N+](=O)[O-])N1CCN(S(=O)(=O)c2ccc3c(c2)CCC3)CC1. The number of aromatic nitrogens is 1. The number of ether oxygens (including phenoxy) is 1. The van der Waals surface area contributed by atoms with E-state index < -0.39 is 20.8 Å². The van der Waals surface area contributed by atoms with E-state index in [0.717, 1.165) is 24.8 Å². The number of aryl methyl sites for hydroxylation is 2. The van der Waals surface area contributed by atoms with Crippen molar-refractivity contribution < 1.29 is 22.9 Å². The molecule has 0 bridgehead atoms. The van der Waals surface area contributed by atoms with Gasteiger partial charge in [0.1, 0.15) is 6.20 Å². The smallest absolute Gasteiger partial charge is 0.406 e. The lowest BCUT2D eigenvalue weighted by molar-refractivity contribution is -0.390. The van der Waals surface area contributed by atoms with Crippen LogP contribution in [0.3, 0.4) is 0 Å². The van der Waals surface area contributed by atoms with E-state index in [0.29, 0.717) is 4.90 Å². The number of fused-ring (bicyclic) bond motifs is 1. The molecule has 0 radical (unpaired) electrons. The molecule has 1 aromatic carbocycles. The largest absolute Gasteiger partial charge is 0.476 e. The van der Waals surface area contributed by atoms with Crippen LogP contribution in [0, 0.1) is 10.1 Å². The molecule has 1 aliphatic heterocycles. The number of carbonyl (C=O) groups excluding carboxylic acids is 1. The van der Waals surface area contributed by atoms with Crippen LogP contribution in [0.1, 0.15) is 17.5 Å². The fraction of sp³-hybridized carbons (Fsp3) is 0.400. The maximum absolute atomic E-state index is 13.0. The minimum absolute atomic E-state index is 0.0846. The van der Waals surface area contributed by atoms with Gasteiger partial charge in [-0.3, -0.25) is 4.79 Å². The van der Waals surface area contributed by atoms with Crippen LogP contribution in [-0.2, 0) is 27.7 Å². The zero-order valence-electron chi connectivity index (χ0n) is 16.8. The van der Waals surface area contributed by atoms with Gasteiger partial charge in [0.05, 0.1) is 4.90 Å². The quantitative estimate of drug-likeness (QED) is 0.485. The minimum Gasteiger partial charge on any atom is -0.476 e. The summed E-state index contributed by atoms with van der Waals surface area (Å²) < 4.78 is 32.7. The van der Waals surface area contributed by atoms with Crippen LogP contribution in [0.15, 0.2) is 41.4 Å². The maximum atomic E-state index is 13.0. The van der Waals surface area contributed by atoms with Crippen LogP contribution in [0.5, 0.6) is 5.75 Å². The fourth-order valence-corrected chi connectivity index (χ4v) is 5.37. The predicted octanol–water partition coefficient (Wildman–Crippen LogP) is 1.39. The highest BCUT2D eigenvalue weighted by molar-refractivity contribution is 7.89. The Morgan fingerprint density at radius 1 is 1.13 bits per heavy atom. The van der Waals surface area contributed by atoms with Crippen molar-refractivity contribution in [3.63, 3.8) is 0 Å². The Hall–Kier alpha value is -3.05. The molecule has 0 saturated carbocycles. The van der Waals surface area contributed by atoms with Gasteiger partial charge in [0, 0.05) is 26.2 Å². The molecule has 2 aliphatic rings. The molecule has 1 fully saturated rings. The van der Waals surface area contributed by atoms with Crippen molar-refractivity contribution >= 4 is 21.7 Å². The first kappa shape index (κ1) is 21.2. The van der Waals surface area contributed by atoms with Crippen molar-refractivity contribution in [3.05, 3.63) is 57.8 Å². The Kier molecular flexibility index (Phi) is 5.88. The van der Waals surface area contributed by atoms with Crippen LogP contribution in [0.2, 0.25) is 0 Å². The summed E-state index contributed by atoms with van der Waals surface area (Å²) in [6.07, 6.45) is 4.20. The lowest BCUT2D eigenvalue weighted by atomic mass is 10.1. The highest BCUT2D eigenvalue weighted by Crippen LogP contribution is 2.27. The van der Waals surface area contributed by atoms with E-state index in [1.165, 1.54) is 33.1 Å². The average Bonchev–Trinajstić information content (AvgIpc) is 3.25. The Balaban J connectivity index is 1.35. The van der Waals surface area contributed by atoms with Gasteiger partial charge in [0.2, 0.25) is 15.8 Å². The molecule has 0 N–H and O–H groups in total. The molecule has 1 aromatic heterocycles. The number of sulfonamides is 1. The molecule has 0 unspecified atom stereocenters. The third kappa shape index (κ3) is 4.37. The van der Waals surface area contributed by atoms with Gasteiger partial charge in [-0.05, 0) is 64.6 Å². The molecule has 1 aliphatic carbocycles. The first-order valence-electron chi connectivity index (χ1n) is 9.98. The summed E-state index contributed by atoms with van der Waals surface area (Å²) in [4.78, 5) is 28.2. The number of pyridine rings is 1. The number of amides is 1. The summed E-state index contributed by atoms with van der Waals surface area (Å²) in [5, 5.41) is 11.0. The molecule has 0 atom stereocenters. The summed E-state index contributed by atoms with van der Waals surface area (Å²) in [6.45, 7) is 0.420.